The summed E-state index contributed by atoms with van der Waals surface area (Å²) in [6, 6.07) is 1.66. The summed E-state index contributed by atoms with van der Waals surface area (Å²) >= 11 is 0. The van der Waals surface area contributed by atoms with E-state index in [9.17, 15) is 0 Å². The minimum absolute atomic E-state index is 0.313. The van der Waals surface area contributed by atoms with Gasteiger partial charge in [-0.15, -0.1) is 0 Å². The Morgan fingerprint density at radius 1 is 0.842 bits per heavy atom. The van der Waals surface area contributed by atoms with Crippen LogP contribution < -0.4 is 5.32 Å². The standard InChI is InChI=1S/C16H31N3/c1-16(2)15(8-9-17-16)19-12-10-18(11-13-19)14-6-4-3-5-7-14/h14-15,17H,3-13H2,1-2H3. The van der Waals surface area contributed by atoms with Gasteiger partial charge in [-0.2, -0.15) is 0 Å². The molecule has 110 valence electrons. The van der Waals surface area contributed by atoms with Crippen LogP contribution in [0.4, 0.5) is 0 Å². The van der Waals surface area contributed by atoms with Crippen LogP contribution in [-0.2, 0) is 0 Å². The maximum Gasteiger partial charge on any atom is 0.0285 e. The van der Waals surface area contributed by atoms with Gasteiger partial charge in [-0.1, -0.05) is 19.3 Å². The molecule has 3 rings (SSSR count). The van der Waals surface area contributed by atoms with Crippen LogP contribution in [0.15, 0.2) is 0 Å². The molecule has 19 heavy (non-hydrogen) atoms. The predicted molar refractivity (Wildman–Crippen MR) is 80.5 cm³/mol. The highest BCUT2D eigenvalue weighted by Gasteiger charge is 2.39. The van der Waals surface area contributed by atoms with Crippen molar-refractivity contribution in [1.29, 1.82) is 0 Å². The van der Waals surface area contributed by atoms with Gasteiger partial charge >= 0.3 is 0 Å². The monoisotopic (exact) mass is 265 g/mol. The third-order valence-corrected chi connectivity index (χ3v) is 5.71. The van der Waals surface area contributed by atoms with Crippen LogP contribution in [-0.4, -0.2) is 60.1 Å². The molecule has 0 radical (unpaired) electrons. The number of nitrogens with one attached hydrogen (secondary N) is 1. The van der Waals surface area contributed by atoms with Crippen LogP contribution in [0.2, 0.25) is 0 Å². The molecule has 0 aromatic heterocycles. The first-order chi connectivity index (χ1) is 9.17. The van der Waals surface area contributed by atoms with Crippen molar-refractivity contribution in [2.45, 2.75) is 70.0 Å². The maximum absolute atomic E-state index is 3.66. The van der Waals surface area contributed by atoms with Crippen LogP contribution in [0.25, 0.3) is 0 Å². The van der Waals surface area contributed by atoms with Crippen molar-refractivity contribution in [1.82, 2.24) is 15.1 Å². The fourth-order valence-electron chi connectivity index (χ4n) is 4.51. The summed E-state index contributed by atoms with van der Waals surface area (Å²) in [6.45, 7) is 11.1. The minimum atomic E-state index is 0.313. The molecular weight excluding hydrogens is 234 g/mol. The largest absolute Gasteiger partial charge is 0.310 e. The lowest BCUT2D eigenvalue weighted by Crippen LogP contribution is -2.58. The topological polar surface area (TPSA) is 18.5 Å². The van der Waals surface area contributed by atoms with Gasteiger partial charge in [0.05, 0.1) is 0 Å². The molecule has 1 atom stereocenters. The van der Waals surface area contributed by atoms with E-state index in [2.05, 4.69) is 29.0 Å². The van der Waals surface area contributed by atoms with E-state index in [4.69, 9.17) is 0 Å². The fraction of sp³-hybridized carbons (Fsp3) is 1.00. The SMILES string of the molecule is CC1(C)NCCC1N1CCN(C2CCCCC2)CC1. The summed E-state index contributed by atoms with van der Waals surface area (Å²) < 4.78 is 0. The van der Waals surface area contributed by atoms with E-state index in [1.165, 1.54) is 71.2 Å². The molecule has 0 amide bonds. The van der Waals surface area contributed by atoms with Crippen LogP contribution in [0, 0.1) is 0 Å². The lowest BCUT2D eigenvalue weighted by molar-refractivity contribution is 0.0428. The van der Waals surface area contributed by atoms with Gasteiger partial charge in [-0.3, -0.25) is 9.80 Å². The Morgan fingerprint density at radius 2 is 1.47 bits per heavy atom. The summed E-state index contributed by atoms with van der Waals surface area (Å²) in [4.78, 5) is 5.53. The van der Waals surface area contributed by atoms with E-state index >= 15 is 0 Å². The summed E-state index contributed by atoms with van der Waals surface area (Å²) in [5.41, 5.74) is 0.313. The molecule has 0 spiro atoms. The highest BCUT2D eigenvalue weighted by atomic mass is 15.3. The van der Waals surface area contributed by atoms with Gasteiger partial charge in [0.15, 0.2) is 0 Å². The van der Waals surface area contributed by atoms with Gasteiger partial charge in [0.1, 0.15) is 0 Å². The number of rotatable bonds is 2. The third-order valence-electron chi connectivity index (χ3n) is 5.71. The first-order valence-electron chi connectivity index (χ1n) is 8.40. The van der Waals surface area contributed by atoms with E-state index in [1.807, 2.05) is 0 Å². The number of piperazine rings is 1. The molecule has 1 saturated carbocycles. The molecule has 2 aliphatic heterocycles. The van der Waals surface area contributed by atoms with E-state index in [0.717, 1.165) is 12.1 Å². The molecule has 0 bridgehead atoms. The Labute approximate surface area is 118 Å². The van der Waals surface area contributed by atoms with Crippen molar-refractivity contribution in [3.05, 3.63) is 0 Å². The summed E-state index contributed by atoms with van der Waals surface area (Å²) in [7, 11) is 0. The third kappa shape index (κ3) is 2.98. The Kier molecular flexibility index (Phi) is 4.16. The van der Waals surface area contributed by atoms with Gasteiger partial charge in [-0.05, 0) is 39.7 Å². The Bertz CT molecular complexity index is 288. The molecule has 3 aliphatic rings. The zero-order valence-electron chi connectivity index (χ0n) is 12.8. The van der Waals surface area contributed by atoms with Gasteiger partial charge < -0.3 is 5.32 Å². The minimum Gasteiger partial charge on any atom is -0.310 e. The van der Waals surface area contributed by atoms with E-state index in [0.29, 0.717) is 5.54 Å². The second kappa shape index (κ2) is 5.71. The predicted octanol–water partition coefficient (Wildman–Crippen LogP) is 2.08. The van der Waals surface area contributed by atoms with E-state index in [1.54, 1.807) is 0 Å². The lowest BCUT2D eigenvalue weighted by Gasteiger charge is -2.45. The van der Waals surface area contributed by atoms with Gasteiger partial charge in [0, 0.05) is 43.8 Å². The Hall–Kier alpha value is -0.120. The van der Waals surface area contributed by atoms with Crippen molar-refractivity contribution in [3.63, 3.8) is 0 Å². The second-order valence-corrected chi connectivity index (χ2v) is 7.32. The zero-order valence-corrected chi connectivity index (χ0v) is 12.8. The molecule has 1 unspecified atom stereocenters. The molecule has 1 N–H and O–H groups in total. The normalized spacial score (nSPS) is 34.7. The van der Waals surface area contributed by atoms with Crippen LogP contribution in [0.1, 0.15) is 52.4 Å². The molecule has 0 aromatic carbocycles. The molecule has 3 heteroatoms. The fourth-order valence-corrected chi connectivity index (χ4v) is 4.51. The summed E-state index contributed by atoms with van der Waals surface area (Å²) in [5.74, 6) is 0. The first kappa shape index (κ1) is 13.8. The van der Waals surface area contributed by atoms with Gasteiger partial charge in [-0.25, -0.2) is 0 Å². The average molecular weight is 265 g/mol. The molecule has 2 heterocycles. The second-order valence-electron chi connectivity index (χ2n) is 7.32. The number of hydrogen-bond acceptors (Lipinski definition) is 3. The quantitative estimate of drug-likeness (QED) is 0.825. The molecule has 2 saturated heterocycles. The summed E-state index contributed by atoms with van der Waals surface area (Å²) in [6.07, 6.45) is 8.64. The summed E-state index contributed by atoms with van der Waals surface area (Å²) in [5, 5.41) is 3.66. The van der Waals surface area contributed by atoms with Crippen molar-refractivity contribution >= 4 is 0 Å². The van der Waals surface area contributed by atoms with Crippen molar-refractivity contribution in [2.75, 3.05) is 32.7 Å². The van der Waals surface area contributed by atoms with Gasteiger partial charge in [0.25, 0.3) is 0 Å². The van der Waals surface area contributed by atoms with Crippen molar-refractivity contribution < 1.29 is 0 Å². The van der Waals surface area contributed by atoms with Gasteiger partial charge in [0.2, 0.25) is 0 Å². The van der Waals surface area contributed by atoms with Crippen molar-refractivity contribution in [3.8, 4) is 0 Å². The van der Waals surface area contributed by atoms with Crippen molar-refractivity contribution in [2.24, 2.45) is 0 Å². The van der Waals surface area contributed by atoms with E-state index < -0.39 is 0 Å². The molecule has 3 nitrogen and oxygen atoms in total. The lowest BCUT2D eigenvalue weighted by atomic mass is 9.92. The Balaban J connectivity index is 1.51. The molecule has 1 aliphatic carbocycles. The first-order valence-corrected chi connectivity index (χ1v) is 8.40. The number of nitrogens with zero attached hydrogens (tertiary/aromatic N) is 2. The maximum atomic E-state index is 3.66. The van der Waals surface area contributed by atoms with Crippen LogP contribution in [0.5, 0.6) is 0 Å². The Morgan fingerprint density at radius 3 is 2.05 bits per heavy atom. The van der Waals surface area contributed by atoms with Crippen LogP contribution in [0.3, 0.4) is 0 Å². The highest BCUT2D eigenvalue weighted by Crippen LogP contribution is 2.27. The molecule has 3 fully saturated rings. The highest BCUT2D eigenvalue weighted by molar-refractivity contribution is 5.00. The average Bonchev–Trinajstić information content (AvgIpc) is 2.80. The molecular formula is C16H31N3. The zero-order chi connectivity index (χ0) is 13.3. The van der Waals surface area contributed by atoms with E-state index in [-0.39, 0.29) is 0 Å². The number of hydrogen-bond donors (Lipinski definition) is 1. The van der Waals surface area contributed by atoms with Crippen LogP contribution >= 0.6 is 0 Å². The smallest absolute Gasteiger partial charge is 0.0285 e. The molecule has 0 aromatic rings.